The molecule has 0 bridgehead atoms. The number of aliphatic imine (C=N–C) groups is 1. The molecule has 0 saturated carbocycles. The van der Waals surface area contributed by atoms with E-state index < -0.39 is 6.36 Å². The highest BCUT2D eigenvalue weighted by Crippen LogP contribution is 2.29. The number of guanidine groups is 1. The SMILES string of the molecule is Cn1cc(CN=C(N)Nc2ccccc2OC(F)(F)F)c(-c2ccccc2)n1.I. The van der Waals surface area contributed by atoms with Crippen LogP contribution >= 0.6 is 24.0 Å². The summed E-state index contributed by atoms with van der Waals surface area (Å²) in [5.74, 6) is -0.430. The largest absolute Gasteiger partial charge is 0.573 e. The average Bonchev–Trinajstić information content (AvgIpc) is 3.02. The summed E-state index contributed by atoms with van der Waals surface area (Å²) in [7, 11) is 1.80. The number of aryl methyl sites for hydroxylation is 1. The minimum atomic E-state index is -4.80. The lowest BCUT2D eigenvalue weighted by molar-refractivity contribution is -0.274. The molecule has 0 fully saturated rings. The van der Waals surface area contributed by atoms with Crippen LogP contribution in [0.15, 0.2) is 65.8 Å². The molecule has 6 nitrogen and oxygen atoms in total. The van der Waals surface area contributed by atoms with Crippen LogP contribution < -0.4 is 15.8 Å². The number of nitrogens with two attached hydrogens (primary N) is 1. The summed E-state index contributed by atoms with van der Waals surface area (Å²) >= 11 is 0. The molecule has 1 heterocycles. The molecule has 0 aliphatic rings. The van der Waals surface area contributed by atoms with Crippen molar-refractivity contribution in [3.05, 3.63) is 66.4 Å². The Balaban J connectivity index is 0.00000300. The number of para-hydroxylation sites is 2. The Morgan fingerprint density at radius 2 is 1.79 bits per heavy atom. The Bertz CT molecular complexity index is 973. The summed E-state index contributed by atoms with van der Waals surface area (Å²) in [6.45, 7) is 0.208. The molecule has 0 aliphatic heterocycles. The van der Waals surface area contributed by atoms with E-state index >= 15 is 0 Å². The van der Waals surface area contributed by atoms with Crippen molar-refractivity contribution in [1.29, 1.82) is 0 Å². The van der Waals surface area contributed by atoms with Crippen LogP contribution in [0.5, 0.6) is 5.75 Å². The fourth-order valence-corrected chi connectivity index (χ4v) is 2.62. The molecular formula is C19H19F3IN5O. The standard InChI is InChI=1S/C19H18F3N5O.HI/c1-27-12-14(17(26-27)13-7-3-2-4-8-13)11-24-18(23)25-15-9-5-6-10-16(15)28-19(20,21)22;/h2-10,12H,11H2,1H3,(H3,23,24,25);1H. The van der Waals surface area contributed by atoms with Crippen LogP contribution in [0.25, 0.3) is 11.3 Å². The number of nitrogens with zero attached hydrogens (tertiary/aromatic N) is 3. The second kappa shape index (κ2) is 9.63. The number of rotatable bonds is 5. The summed E-state index contributed by atoms with van der Waals surface area (Å²) in [4.78, 5) is 4.22. The maximum Gasteiger partial charge on any atom is 0.573 e. The van der Waals surface area contributed by atoms with Gasteiger partial charge in [-0.05, 0) is 12.1 Å². The number of benzene rings is 2. The van der Waals surface area contributed by atoms with Crippen molar-refractivity contribution in [3.8, 4) is 17.0 Å². The highest BCUT2D eigenvalue weighted by atomic mass is 127. The highest BCUT2D eigenvalue weighted by molar-refractivity contribution is 14.0. The van der Waals surface area contributed by atoms with Gasteiger partial charge >= 0.3 is 6.36 Å². The fraction of sp³-hybridized carbons (Fsp3) is 0.158. The molecule has 29 heavy (non-hydrogen) atoms. The van der Waals surface area contributed by atoms with E-state index in [0.29, 0.717) is 0 Å². The molecule has 0 amide bonds. The lowest BCUT2D eigenvalue weighted by atomic mass is 10.1. The van der Waals surface area contributed by atoms with Gasteiger partial charge in [0, 0.05) is 24.4 Å². The smallest absolute Gasteiger partial charge is 0.404 e. The van der Waals surface area contributed by atoms with Crippen molar-refractivity contribution in [2.75, 3.05) is 5.32 Å². The van der Waals surface area contributed by atoms with Crippen LogP contribution in [0.3, 0.4) is 0 Å². The number of nitrogens with one attached hydrogen (secondary N) is 1. The van der Waals surface area contributed by atoms with Crippen LogP contribution in [-0.4, -0.2) is 22.1 Å². The monoisotopic (exact) mass is 517 g/mol. The van der Waals surface area contributed by atoms with Crippen molar-refractivity contribution in [3.63, 3.8) is 0 Å². The predicted molar refractivity (Wildman–Crippen MR) is 116 cm³/mol. The van der Waals surface area contributed by atoms with Crippen molar-refractivity contribution in [2.45, 2.75) is 12.9 Å². The Morgan fingerprint density at radius 3 is 2.48 bits per heavy atom. The van der Waals surface area contributed by atoms with E-state index in [1.165, 1.54) is 18.2 Å². The maximum atomic E-state index is 12.5. The van der Waals surface area contributed by atoms with E-state index in [1.807, 2.05) is 36.5 Å². The molecule has 0 spiro atoms. The van der Waals surface area contributed by atoms with Gasteiger partial charge in [-0.2, -0.15) is 5.10 Å². The van der Waals surface area contributed by atoms with Gasteiger partial charge in [0.2, 0.25) is 0 Å². The zero-order valence-corrected chi connectivity index (χ0v) is 17.7. The minimum Gasteiger partial charge on any atom is -0.404 e. The Hall–Kier alpha value is -2.76. The quantitative estimate of drug-likeness (QED) is 0.296. The molecule has 2 aromatic carbocycles. The summed E-state index contributed by atoms with van der Waals surface area (Å²) in [5.41, 5.74) is 8.45. The zero-order valence-electron chi connectivity index (χ0n) is 15.3. The van der Waals surface area contributed by atoms with E-state index in [9.17, 15) is 13.2 Å². The van der Waals surface area contributed by atoms with E-state index in [1.54, 1.807) is 17.8 Å². The number of aromatic nitrogens is 2. The lowest BCUT2D eigenvalue weighted by Crippen LogP contribution is -2.24. The number of alkyl halides is 3. The number of hydrogen-bond acceptors (Lipinski definition) is 3. The van der Waals surface area contributed by atoms with Gasteiger partial charge in [0.15, 0.2) is 11.7 Å². The highest BCUT2D eigenvalue weighted by Gasteiger charge is 2.32. The molecule has 0 aliphatic carbocycles. The number of anilines is 1. The first-order chi connectivity index (χ1) is 13.3. The van der Waals surface area contributed by atoms with Crippen LogP contribution in [0.2, 0.25) is 0 Å². The average molecular weight is 517 g/mol. The minimum absolute atomic E-state index is 0. The van der Waals surface area contributed by atoms with Crippen molar-refractivity contribution < 1.29 is 17.9 Å². The van der Waals surface area contributed by atoms with Gasteiger partial charge in [0.1, 0.15) is 0 Å². The second-order valence-corrected chi connectivity index (χ2v) is 5.91. The third kappa shape index (κ3) is 6.38. The molecule has 0 saturated heterocycles. The van der Waals surface area contributed by atoms with E-state index in [4.69, 9.17) is 5.73 Å². The van der Waals surface area contributed by atoms with Crippen LogP contribution in [0.1, 0.15) is 5.56 Å². The Labute approximate surface area is 182 Å². The zero-order chi connectivity index (χ0) is 20.1. The summed E-state index contributed by atoms with van der Waals surface area (Å²) in [6.07, 6.45) is -2.98. The van der Waals surface area contributed by atoms with Crippen molar-refractivity contribution in [1.82, 2.24) is 9.78 Å². The molecule has 1 aromatic heterocycles. The van der Waals surface area contributed by atoms with E-state index in [2.05, 4.69) is 20.1 Å². The van der Waals surface area contributed by atoms with Crippen LogP contribution in [-0.2, 0) is 13.6 Å². The summed E-state index contributed by atoms with van der Waals surface area (Å²) < 4.78 is 43.2. The van der Waals surface area contributed by atoms with E-state index in [0.717, 1.165) is 16.8 Å². The second-order valence-electron chi connectivity index (χ2n) is 5.91. The molecule has 3 aromatic rings. The topological polar surface area (TPSA) is 77.5 Å². The number of hydrogen-bond donors (Lipinski definition) is 2. The van der Waals surface area contributed by atoms with Gasteiger partial charge in [0.25, 0.3) is 0 Å². The van der Waals surface area contributed by atoms with Gasteiger partial charge in [0.05, 0.1) is 17.9 Å². The molecule has 10 heteroatoms. The summed E-state index contributed by atoms with van der Waals surface area (Å²) in [5, 5.41) is 7.08. The third-order valence-electron chi connectivity index (χ3n) is 3.75. The van der Waals surface area contributed by atoms with Gasteiger partial charge in [-0.25, -0.2) is 4.99 Å². The van der Waals surface area contributed by atoms with E-state index in [-0.39, 0.29) is 47.9 Å². The molecule has 0 atom stereocenters. The lowest BCUT2D eigenvalue weighted by Gasteiger charge is -2.14. The van der Waals surface area contributed by atoms with Gasteiger partial charge in [-0.3, -0.25) is 4.68 Å². The summed E-state index contributed by atoms with van der Waals surface area (Å²) in [6, 6.07) is 15.2. The first-order valence-electron chi connectivity index (χ1n) is 8.31. The molecular weight excluding hydrogens is 498 g/mol. The Morgan fingerprint density at radius 1 is 1.14 bits per heavy atom. The normalized spacial score (nSPS) is 11.7. The third-order valence-corrected chi connectivity index (χ3v) is 3.75. The molecule has 154 valence electrons. The number of ether oxygens (including phenoxy) is 1. The van der Waals surface area contributed by atoms with Crippen LogP contribution in [0.4, 0.5) is 18.9 Å². The molecule has 3 rings (SSSR count). The van der Waals surface area contributed by atoms with Gasteiger partial charge < -0.3 is 15.8 Å². The first-order valence-corrected chi connectivity index (χ1v) is 8.31. The fourth-order valence-electron chi connectivity index (χ4n) is 2.62. The van der Waals surface area contributed by atoms with Gasteiger partial charge in [-0.15, -0.1) is 37.1 Å². The molecule has 0 radical (unpaired) electrons. The predicted octanol–water partition coefficient (Wildman–Crippen LogP) is 4.53. The Kier molecular flexibility index (Phi) is 7.48. The van der Waals surface area contributed by atoms with Crippen molar-refractivity contribution >= 4 is 35.6 Å². The molecule has 3 N–H and O–H groups in total. The van der Waals surface area contributed by atoms with Gasteiger partial charge in [-0.1, -0.05) is 42.5 Å². The number of halogens is 4. The van der Waals surface area contributed by atoms with Crippen LogP contribution in [0, 0.1) is 0 Å². The maximum absolute atomic E-state index is 12.5. The first kappa shape index (κ1) is 22.5. The molecule has 0 unspecified atom stereocenters. The van der Waals surface area contributed by atoms with Crippen molar-refractivity contribution in [2.24, 2.45) is 17.8 Å².